The van der Waals surface area contributed by atoms with Crippen LogP contribution in [-0.4, -0.2) is 10.6 Å². The summed E-state index contributed by atoms with van der Waals surface area (Å²) >= 11 is 0. The van der Waals surface area contributed by atoms with Crippen LogP contribution in [0.1, 0.15) is 22.7 Å². The number of aryl methyl sites for hydroxylation is 2. The monoisotopic (exact) mass is 399 g/mol. The van der Waals surface area contributed by atoms with Crippen LogP contribution in [0.2, 0.25) is 0 Å². The van der Waals surface area contributed by atoms with Gasteiger partial charge in [0.1, 0.15) is 23.2 Å². The summed E-state index contributed by atoms with van der Waals surface area (Å²) in [5.41, 5.74) is 3.43. The van der Waals surface area contributed by atoms with Crippen LogP contribution in [0.4, 0.5) is 13.2 Å². The maximum Gasteiger partial charge on any atom is 0.416 e. The molecule has 5 nitrogen and oxygen atoms in total. The summed E-state index contributed by atoms with van der Waals surface area (Å²) in [6.45, 7) is 3.60. The van der Waals surface area contributed by atoms with Gasteiger partial charge in [-0.15, -0.1) is 0 Å². The lowest BCUT2D eigenvalue weighted by molar-refractivity contribution is -0.137. The second-order valence-corrected chi connectivity index (χ2v) is 6.34. The molecule has 0 atom stereocenters. The van der Waals surface area contributed by atoms with E-state index in [1.54, 1.807) is 24.6 Å². The van der Waals surface area contributed by atoms with Gasteiger partial charge in [0.05, 0.1) is 5.56 Å². The lowest BCUT2D eigenvalue weighted by Crippen LogP contribution is -2.25. The van der Waals surface area contributed by atoms with Gasteiger partial charge < -0.3 is 4.42 Å². The van der Waals surface area contributed by atoms with E-state index in [9.17, 15) is 23.2 Å². The summed E-state index contributed by atoms with van der Waals surface area (Å²) < 4.78 is 45.7. The number of hydrogen-bond donors (Lipinski definition) is 1. The third-order valence-electron chi connectivity index (χ3n) is 4.24. The molecule has 3 rings (SSSR count). The van der Waals surface area contributed by atoms with Gasteiger partial charge in [0, 0.05) is 23.0 Å². The number of carbonyl (C=O) groups is 1. The highest BCUT2D eigenvalue weighted by atomic mass is 19.4. The molecule has 148 valence electrons. The van der Waals surface area contributed by atoms with E-state index in [2.05, 4.69) is 5.43 Å². The fourth-order valence-electron chi connectivity index (χ4n) is 2.73. The summed E-state index contributed by atoms with van der Waals surface area (Å²) in [5, 5.41) is 9.32. The molecule has 0 saturated carbocycles. The standard InChI is InChI=1S/C21H16F3N3O2/c1-13-6-7-14(2)27(13)26-20(28)16(12-25)11-18-8-9-19(29-18)15-4-3-5-17(10-15)21(22,23)24/h3-11H,1-2H3,(H,26,28)/b16-11-. The van der Waals surface area contributed by atoms with Gasteiger partial charge in [-0.25, -0.2) is 0 Å². The summed E-state index contributed by atoms with van der Waals surface area (Å²) in [7, 11) is 0. The number of alkyl halides is 3. The Morgan fingerprint density at radius 1 is 1.14 bits per heavy atom. The van der Waals surface area contributed by atoms with Gasteiger partial charge in [0.15, 0.2) is 0 Å². The minimum absolute atomic E-state index is 0.171. The Morgan fingerprint density at radius 2 is 1.83 bits per heavy atom. The fourth-order valence-corrected chi connectivity index (χ4v) is 2.73. The van der Waals surface area contributed by atoms with E-state index in [0.717, 1.165) is 23.5 Å². The molecule has 0 unspecified atom stereocenters. The number of nitrogens with one attached hydrogen (secondary N) is 1. The van der Waals surface area contributed by atoms with E-state index >= 15 is 0 Å². The number of halogens is 3. The number of hydrogen-bond acceptors (Lipinski definition) is 3. The average Bonchev–Trinajstić information content (AvgIpc) is 3.27. The van der Waals surface area contributed by atoms with Crippen molar-refractivity contribution in [3.8, 4) is 17.4 Å². The summed E-state index contributed by atoms with van der Waals surface area (Å²) in [6.07, 6.45) is -3.23. The number of furan rings is 1. The van der Waals surface area contributed by atoms with Crippen molar-refractivity contribution in [2.45, 2.75) is 20.0 Å². The Morgan fingerprint density at radius 3 is 2.45 bits per heavy atom. The van der Waals surface area contributed by atoms with E-state index < -0.39 is 17.6 Å². The second kappa shape index (κ2) is 7.72. The molecule has 3 aromatic rings. The zero-order valence-electron chi connectivity index (χ0n) is 15.5. The third kappa shape index (κ3) is 4.41. The van der Waals surface area contributed by atoms with Crippen LogP contribution < -0.4 is 5.43 Å². The number of benzene rings is 1. The first kappa shape index (κ1) is 20.0. The van der Waals surface area contributed by atoms with Crippen LogP contribution >= 0.6 is 0 Å². The van der Waals surface area contributed by atoms with Gasteiger partial charge >= 0.3 is 6.18 Å². The molecule has 1 amide bonds. The topological polar surface area (TPSA) is 71.0 Å². The van der Waals surface area contributed by atoms with E-state index in [0.29, 0.717) is 0 Å². The van der Waals surface area contributed by atoms with Crippen LogP contribution in [0.15, 0.2) is 58.5 Å². The maximum absolute atomic E-state index is 12.9. The first-order valence-corrected chi connectivity index (χ1v) is 8.54. The molecule has 8 heteroatoms. The predicted octanol–water partition coefficient (Wildman–Crippen LogP) is 5.06. The fraction of sp³-hybridized carbons (Fsp3) is 0.143. The first-order chi connectivity index (χ1) is 13.7. The number of nitrogens with zero attached hydrogens (tertiary/aromatic N) is 2. The van der Waals surface area contributed by atoms with E-state index in [1.807, 2.05) is 12.1 Å². The molecule has 2 aromatic heterocycles. The number of carbonyl (C=O) groups excluding carboxylic acids is 1. The molecule has 0 bridgehead atoms. The molecule has 2 heterocycles. The van der Waals surface area contributed by atoms with Crippen LogP contribution in [0.5, 0.6) is 0 Å². The van der Waals surface area contributed by atoms with Gasteiger partial charge in [-0.1, -0.05) is 12.1 Å². The molecule has 0 aliphatic carbocycles. The van der Waals surface area contributed by atoms with Crippen molar-refractivity contribution in [3.05, 3.63) is 76.8 Å². The van der Waals surface area contributed by atoms with E-state index in [1.165, 1.54) is 30.3 Å². The quantitative estimate of drug-likeness (QED) is 0.492. The van der Waals surface area contributed by atoms with Gasteiger partial charge in [0.2, 0.25) is 0 Å². The predicted molar refractivity (Wildman–Crippen MR) is 101 cm³/mol. The lowest BCUT2D eigenvalue weighted by atomic mass is 10.1. The van der Waals surface area contributed by atoms with Crippen LogP contribution in [0, 0.1) is 25.2 Å². The normalized spacial score (nSPS) is 11.9. The smallest absolute Gasteiger partial charge is 0.416 e. The minimum Gasteiger partial charge on any atom is -0.457 e. The van der Waals surface area contributed by atoms with E-state index in [-0.39, 0.29) is 22.7 Å². The Hall–Kier alpha value is -3.73. The van der Waals surface area contributed by atoms with Crippen molar-refractivity contribution >= 4 is 12.0 Å². The molecule has 0 spiro atoms. The Kier molecular flexibility index (Phi) is 5.33. The number of amides is 1. The highest BCUT2D eigenvalue weighted by Gasteiger charge is 2.30. The molecular weight excluding hydrogens is 383 g/mol. The Balaban J connectivity index is 1.85. The van der Waals surface area contributed by atoms with Gasteiger partial charge in [-0.2, -0.15) is 18.4 Å². The van der Waals surface area contributed by atoms with E-state index in [4.69, 9.17) is 4.42 Å². The van der Waals surface area contributed by atoms with Crippen molar-refractivity contribution in [1.82, 2.24) is 4.68 Å². The van der Waals surface area contributed by atoms with Crippen molar-refractivity contribution in [2.75, 3.05) is 5.43 Å². The highest BCUT2D eigenvalue weighted by Crippen LogP contribution is 2.32. The van der Waals surface area contributed by atoms with Crippen LogP contribution in [-0.2, 0) is 11.0 Å². The van der Waals surface area contributed by atoms with Crippen molar-refractivity contribution < 1.29 is 22.4 Å². The molecule has 0 fully saturated rings. The van der Waals surface area contributed by atoms with Crippen molar-refractivity contribution in [1.29, 1.82) is 5.26 Å². The van der Waals surface area contributed by atoms with Crippen molar-refractivity contribution in [3.63, 3.8) is 0 Å². The molecule has 1 aromatic carbocycles. The van der Waals surface area contributed by atoms with Gasteiger partial charge in [-0.05, 0) is 50.2 Å². The molecule has 29 heavy (non-hydrogen) atoms. The molecule has 0 radical (unpaired) electrons. The number of rotatable bonds is 4. The SMILES string of the molecule is Cc1ccc(C)n1NC(=O)/C(C#N)=C\c1ccc(-c2cccc(C(F)(F)F)c2)o1. The second-order valence-electron chi connectivity index (χ2n) is 6.34. The van der Waals surface area contributed by atoms with Gasteiger partial charge in [0.25, 0.3) is 5.91 Å². The highest BCUT2D eigenvalue weighted by molar-refractivity contribution is 6.06. The molecule has 0 aliphatic rings. The van der Waals surface area contributed by atoms with Crippen molar-refractivity contribution in [2.24, 2.45) is 0 Å². The number of aromatic nitrogens is 1. The summed E-state index contributed by atoms with van der Waals surface area (Å²) in [4.78, 5) is 12.4. The minimum atomic E-state index is -4.47. The van der Waals surface area contributed by atoms with Crippen LogP contribution in [0.3, 0.4) is 0 Å². The number of nitriles is 1. The zero-order chi connectivity index (χ0) is 21.2. The lowest BCUT2D eigenvalue weighted by Gasteiger charge is -2.10. The molecule has 0 saturated heterocycles. The Bertz CT molecular complexity index is 1110. The Labute approximate surface area is 164 Å². The molecule has 1 N–H and O–H groups in total. The first-order valence-electron chi connectivity index (χ1n) is 8.54. The molecule has 0 aliphatic heterocycles. The zero-order valence-corrected chi connectivity index (χ0v) is 15.5. The van der Waals surface area contributed by atoms with Crippen LogP contribution in [0.25, 0.3) is 17.4 Å². The average molecular weight is 399 g/mol. The molecular formula is C21H16F3N3O2. The maximum atomic E-state index is 12.9. The largest absolute Gasteiger partial charge is 0.457 e. The van der Waals surface area contributed by atoms with Gasteiger partial charge in [-0.3, -0.25) is 14.9 Å². The third-order valence-corrected chi connectivity index (χ3v) is 4.24. The summed E-state index contributed by atoms with van der Waals surface area (Å²) in [5.74, 6) is -0.269. The summed E-state index contributed by atoms with van der Waals surface area (Å²) in [6, 6.07) is 13.1.